The number of ketones is 1. The molecule has 0 aliphatic carbocycles. The largest absolute Gasteiger partial charge is 0.457 e. The van der Waals surface area contributed by atoms with Crippen LogP contribution in [0.5, 0.6) is 0 Å². The molecule has 0 atom stereocenters. The number of likely N-dealkylation sites (tertiary alicyclic amines) is 1. The maximum atomic E-state index is 13.1. The molecule has 1 fully saturated rings. The molecule has 1 aliphatic heterocycles. The first-order valence-corrected chi connectivity index (χ1v) is 9.09. The molecule has 0 spiro atoms. The van der Waals surface area contributed by atoms with Gasteiger partial charge < -0.3 is 9.64 Å². The number of hydrogen-bond acceptors (Lipinski definition) is 4. The van der Waals surface area contributed by atoms with Gasteiger partial charge in [-0.2, -0.15) is 0 Å². The summed E-state index contributed by atoms with van der Waals surface area (Å²) in [6.07, 6.45) is 0.962. The van der Waals surface area contributed by atoms with Gasteiger partial charge in [0.05, 0.1) is 5.41 Å². The zero-order valence-corrected chi connectivity index (χ0v) is 15.4. The summed E-state index contributed by atoms with van der Waals surface area (Å²) in [7, 11) is 0. The Labute approximate surface area is 158 Å². The van der Waals surface area contributed by atoms with Gasteiger partial charge in [-0.05, 0) is 18.4 Å². The quantitative estimate of drug-likeness (QED) is 0.604. The molecular weight excluding hydrogens is 342 g/mol. The molecule has 0 bridgehead atoms. The first-order valence-electron chi connectivity index (χ1n) is 9.09. The zero-order chi connectivity index (χ0) is 19.3. The second kappa shape index (κ2) is 8.16. The van der Waals surface area contributed by atoms with Crippen molar-refractivity contribution in [1.82, 2.24) is 4.90 Å². The lowest BCUT2D eigenvalue weighted by Gasteiger charge is -2.40. The number of rotatable bonds is 5. The topological polar surface area (TPSA) is 63.7 Å². The molecule has 0 radical (unpaired) electrons. The molecule has 2 aromatic rings. The summed E-state index contributed by atoms with van der Waals surface area (Å²) < 4.78 is 5.46. The summed E-state index contributed by atoms with van der Waals surface area (Å²) in [6.45, 7) is 2.23. The Morgan fingerprint density at radius 1 is 0.926 bits per heavy atom. The highest BCUT2D eigenvalue weighted by Crippen LogP contribution is 2.37. The van der Waals surface area contributed by atoms with E-state index < -0.39 is 11.4 Å². The van der Waals surface area contributed by atoms with Gasteiger partial charge in [-0.15, -0.1) is 0 Å². The van der Waals surface area contributed by atoms with Crippen molar-refractivity contribution in [3.63, 3.8) is 0 Å². The van der Waals surface area contributed by atoms with Crippen LogP contribution < -0.4 is 0 Å². The summed E-state index contributed by atoms with van der Waals surface area (Å²) in [5, 5.41) is 0. The number of ether oxygens (including phenoxy) is 1. The Kier molecular flexibility index (Phi) is 5.69. The summed E-state index contributed by atoms with van der Waals surface area (Å²) in [4.78, 5) is 38.7. The molecule has 0 aromatic heterocycles. The molecule has 5 nitrogen and oxygen atoms in total. The highest BCUT2D eigenvalue weighted by molar-refractivity contribution is 5.98. The first kappa shape index (κ1) is 18.8. The number of esters is 1. The molecular formula is C22H23NO4. The molecule has 140 valence electrons. The molecule has 1 heterocycles. The molecule has 0 unspecified atom stereocenters. The van der Waals surface area contributed by atoms with Crippen LogP contribution in [-0.4, -0.2) is 42.3 Å². The van der Waals surface area contributed by atoms with Crippen molar-refractivity contribution in [3.8, 4) is 0 Å². The maximum Gasteiger partial charge on any atom is 0.317 e. The van der Waals surface area contributed by atoms with Gasteiger partial charge in [0.1, 0.15) is 0 Å². The third kappa shape index (κ3) is 4.08. The van der Waals surface area contributed by atoms with Crippen LogP contribution in [0.3, 0.4) is 0 Å². The molecule has 0 N–H and O–H groups in total. The number of hydrogen-bond donors (Lipinski definition) is 0. The van der Waals surface area contributed by atoms with Crippen molar-refractivity contribution in [2.75, 3.05) is 19.7 Å². The highest BCUT2D eigenvalue weighted by Gasteiger charge is 2.44. The van der Waals surface area contributed by atoms with E-state index in [2.05, 4.69) is 0 Å². The smallest absolute Gasteiger partial charge is 0.317 e. The zero-order valence-electron chi connectivity index (χ0n) is 15.4. The average molecular weight is 365 g/mol. The lowest BCUT2D eigenvalue weighted by Crippen LogP contribution is -2.49. The fraction of sp³-hybridized carbons (Fsp3) is 0.318. The minimum atomic E-state index is -0.829. The third-order valence-electron chi connectivity index (χ3n) is 5.21. The van der Waals surface area contributed by atoms with Gasteiger partial charge >= 0.3 is 5.97 Å². The molecule has 1 saturated heterocycles. The minimum Gasteiger partial charge on any atom is -0.457 e. The van der Waals surface area contributed by atoms with E-state index in [0.29, 0.717) is 31.5 Å². The number of carbonyl (C=O) groups excluding carboxylic acids is 3. The van der Waals surface area contributed by atoms with Crippen LogP contribution in [0, 0.1) is 0 Å². The van der Waals surface area contributed by atoms with Crippen LogP contribution in [0.25, 0.3) is 0 Å². The van der Waals surface area contributed by atoms with Gasteiger partial charge in [0, 0.05) is 25.6 Å². The Balaban J connectivity index is 1.76. The van der Waals surface area contributed by atoms with E-state index >= 15 is 0 Å². The van der Waals surface area contributed by atoms with Gasteiger partial charge in [-0.1, -0.05) is 60.7 Å². The van der Waals surface area contributed by atoms with Gasteiger partial charge in [0.25, 0.3) is 0 Å². The second-order valence-corrected chi connectivity index (χ2v) is 6.82. The molecule has 0 saturated carbocycles. The van der Waals surface area contributed by atoms with Gasteiger partial charge in [-0.3, -0.25) is 14.4 Å². The summed E-state index contributed by atoms with van der Waals surface area (Å²) in [5.74, 6) is -0.626. The maximum absolute atomic E-state index is 13.1. The molecule has 5 heteroatoms. The van der Waals surface area contributed by atoms with Gasteiger partial charge in [-0.25, -0.2) is 0 Å². The molecule has 2 aromatic carbocycles. The number of Topliss-reactive ketones (excluding diaryl/α,β-unsaturated/α-hetero) is 1. The second-order valence-electron chi connectivity index (χ2n) is 6.82. The number of benzene rings is 2. The molecule has 1 aliphatic rings. The van der Waals surface area contributed by atoms with E-state index in [9.17, 15) is 14.4 Å². The summed E-state index contributed by atoms with van der Waals surface area (Å²) in [5.41, 5.74) is 0.556. The summed E-state index contributed by atoms with van der Waals surface area (Å²) >= 11 is 0. The average Bonchev–Trinajstić information content (AvgIpc) is 2.73. The van der Waals surface area contributed by atoms with E-state index in [0.717, 1.165) is 5.56 Å². The van der Waals surface area contributed by atoms with Crippen molar-refractivity contribution in [1.29, 1.82) is 0 Å². The van der Waals surface area contributed by atoms with E-state index in [1.165, 1.54) is 6.92 Å². The van der Waals surface area contributed by atoms with Crippen molar-refractivity contribution in [2.45, 2.75) is 25.2 Å². The Bertz CT molecular complexity index is 809. The van der Waals surface area contributed by atoms with Crippen LogP contribution in [0.15, 0.2) is 60.7 Å². The number of amides is 1. The Morgan fingerprint density at radius 2 is 1.48 bits per heavy atom. The van der Waals surface area contributed by atoms with Crippen molar-refractivity contribution >= 4 is 17.7 Å². The highest BCUT2D eigenvalue weighted by atomic mass is 16.5. The summed E-state index contributed by atoms with van der Waals surface area (Å²) in [6, 6.07) is 18.3. The Morgan fingerprint density at radius 3 is 2.04 bits per heavy atom. The van der Waals surface area contributed by atoms with Crippen molar-refractivity contribution < 1.29 is 19.1 Å². The molecule has 3 rings (SSSR count). The van der Waals surface area contributed by atoms with E-state index in [1.807, 2.05) is 36.4 Å². The lowest BCUT2D eigenvalue weighted by atomic mass is 9.72. The van der Waals surface area contributed by atoms with Gasteiger partial charge in [0.2, 0.25) is 5.91 Å². The Hall–Kier alpha value is -2.95. The van der Waals surface area contributed by atoms with Crippen molar-refractivity contribution in [3.05, 3.63) is 71.8 Å². The SMILES string of the molecule is CC(=O)N1CCC(C(=O)OCC(=O)c2ccccc2)(c2ccccc2)CC1. The van der Waals surface area contributed by atoms with E-state index in [1.54, 1.807) is 29.2 Å². The van der Waals surface area contributed by atoms with Crippen molar-refractivity contribution in [2.24, 2.45) is 0 Å². The van der Waals surface area contributed by atoms with Gasteiger partial charge in [0.15, 0.2) is 12.4 Å². The standard InChI is InChI=1S/C22H23NO4/c1-17(24)23-14-12-22(13-15-23,19-10-6-3-7-11-19)21(26)27-16-20(25)18-8-4-2-5-9-18/h2-11H,12-16H2,1H3. The number of nitrogens with zero attached hydrogens (tertiary/aromatic N) is 1. The van der Waals surface area contributed by atoms with Crippen LogP contribution >= 0.6 is 0 Å². The predicted octanol–water partition coefficient (Wildman–Crippen LogP) is 2.99. The predicted molar refractivity (Wildman–Crippen MR) is 101 cm³/mol. The lowest BCUT2D eigenvalue weighted by molar-refractivity contribution is -0.153. The van der Waals surface area contributed by atoms with Crippen LogP contribution in [0.1, 0.15) is 35.7 Å². The van der Waals surface area contributed by atoms with Crippen LogP contribution in [0.4, 0.5) is 0 Å². The molecule has 27 heavy (non-hydrogen) atoms. The van der Waals surface area contributed by atoms with Crippen LogP contribution in [-0.2, 0) is 19.7 Å². The monoisotopic (exact) mass is 365 g/mol. The fourth-order valence-corrected chi connectivity index (χ4v) is 3.55. The normalized spacial score (nSPS) is 15.8. The van der Waals surface area contributed by atoms with Crippen LogP contribution in [0.2, 0.25) is 0 Å². The fourth-order valence-electron chi connectivity index (χ4n) is 3.55. The van der Waals surface area contributed by atoms with E-state index in [4.69, 9.17) is 4.74 Å². The number of piperidine rings is 1. The first-order chi connectivity index (χ1) is 13.0. The van der Waals surface area contributed by atoms with E-state index in [-0.39, 0.29) is 18.3 Å². The molecule has 1 amide bonds. The minimum absolute atomic E-state index is 0.00397. The number of carbonyl (C=O) groups is 3. The third-order valence-corrected chi connectivity index (χ3v) is 5.21.